The van der Waals surface area contributed by atoms with Gasteiger partial charge < -0.3 is 4.42 Å². The second-order valence-electron chi connectivity index (χ2n) is 5.79. The minimum atomic E-state index is -3.85. The van der Waals surface area contributed by atoms with Crippen LogP contribution in [0.4, 0.5) is 0 Å². The van der Waals surface area contributed by atoms with Crippen LogP contribution in [-0.4, -0.2) is 30.6 Å². The van der Waals surface area contributed by atoms with E-state index in [0.717, 1.165) is 0 Å². The maximum atomic E-state index is 12.6. The Balaban J connectivity index is 2.39. The van der Waals surface area contributed by atoms with Gasteiger partial charge in [-0.3, -0.25) is 9.08 Å². The lowest BCUT2D eigenvalue weighted by atomic mass is 10.00. The third-order valence-corrected chi connectivity index (χ3v) is 4.87. The van der Waals surface area contributed by atoms with Crippen molar-refractivity contribution in [3.8, 4) is 0 Å². The predicted molar refractivity (Wildman–Crippen MR) is 94.8 cm³/mol. The van der Waals surface area contributed by atoms with E-state index in [9.17, 15) is 13.2 Å². The zero-order valence-corrected chi connectivity index (χ0v) is 15.4. The molecule has 136 valence electrons. The van der Waals surface area contributed by atoms with Crippen LogP contribution < -0.4 is 0 Å². The molecule has 1 aromatic carbocycles. The Morgan fingerprint density at radius 2 is 2.04 bits per heavy atom. The molecule has 0 aliphatic heterocycles. The zero-order valence-electron chi connectivity index (χ0n) is 14.6. The van der Waals surface area contributed by atoms with E-state index in [2.05, 4.69) is 10.1 Å². The van der Waals surface area contributed by atoms with E-state index in [0.29, 0.717) is 30.4 Å². The van der Waals surface area contributed by atoms with Crippen LogP contribution in [0.3, 0.4) is 0 Å². The molecule has 0 aliphatic carbocycles. The lowest BCUT2D eigenvalue weighted by molar-refractivity contribution is -0.116. The first-order valence-electron chi connectivity index (χ1n) is 8.27. The lowest BCUT2D eigenvalue weighted by Gasteiger charge is -2.07. The molecule has 1 heterocycles. The normalized spacial score (nSPS) is 13.8. The molecule has 8 heteroatoms. The molecule has 1 unspecified atom stereocenters. The molecule has 0 bridgehead atoms. The van der Waals surface area contributed by atoms with E-state index in [4.69, 9.17) is 8.70 Å². The van der Waals surface area contributed by atoms with Crippen LogP contribution in [-0.2, 0) is 19.2 Å². The Labute approximate surface area is 147 Å². The summed E-state index contributed by atoms with van der Waals surface area (Å²) in [6.45, 7) is 5.45. The van der Waals surface area contributed by atoms with Crippen molar-refractivity contribution in [2.45, 2.75) is 40.0 Å². The molecular weight excluding hydrogens is 344 g/mol. The fourth-order valence-corrected chi connectivity index (χ4v) is 2.94. The number of oxime groups is 1. The average Bonchev–Trinajstić information content (AvgIpc) is 3.02. The topological polar surface area (TPSA) is 98.8 Å². The first-order chi connectivity index (χ1) is 11.9. The van der Waals surface area contributed by atoms with E-state index < -0.39 is 10.1 Å². The van der Waals surface area contributed by atoms with Crippen molar-refractivity contribution in [2.24, 2.45) is 11.1 Å². The summed E-state index contributed by atoms with van der Waals surface area (Å²) in [6, 6.07) is 6.99. The average molecular weight is 366 g/mol. The van der Waals surface area contributed by atoms with Gasteiger partial charge in [0.2, 0.25) is 5.71 Å². The van der Waals surface area contributed by atoms with Crippen LogP contribution in [0.25, 0.3) is 11.1 Å². The van der Waals surface area contributed by atoms with Gasteiger partial charge in [0, 0.05) is 5.92 Å². The Kier molecular flexibility index (Phi) is 6.30. The number of ketones is 1. The Bertz CT molecular complexity index is 837. The number of fused-ring (bicyclic) bond motifs is 1. The summed E-state index contributed by atoms with van der Waals surface area (Å²) in [6.07, 6.45) is 1.73. The van der Waals surface area contributed by atoms with Crippen LogP contribution in [0, 0.1) is 5.92 Å². The highest BCUT2D eigenvalue weighted by Crippen LogP contribution is 2.18. The molecule has 0 fully saturated rings. The van der Waals surface area contributed by atoms with Crippen LogP contribution in [0.2, 0.25) is 0 Å². The van der Waals surface area contributed by atoms with Gasteiger partial charge in [0.15, 0.2) is 11.4 Å². The number of nitrogens with zero attached hydrogens (tertiary/aromatic N) is 2. The van der Waals surface area contributed by atoms with E-state index in [1.165, 1.54) is 0 Å². The van der Waals surface area contributed by atoms with E-state index >= 15 is 0 Å². The van der Waals surface area contributed by atoms with Gasteiger partial charge >= 0.3 is 10.1 Å². The number of carbonyl (C=O) groups excluding carboxylic acids is 1. The van der Waals surface area contributed by atoms with Gasteiger partial charge in [-0.05, 0) is 25.0 Å². The van der Waals surface area contributed by atoms with Crippen molar-refractivity contribution in [3.05, 3.63) is 30.2 Å². The van der Waals surface area contributed by atoms with Gasteiger partial charge in [-0.2, -0.15) is 8.42 Å². The molecule has 2 aromatic rings. The summed E-state index contributed by atoms with van der Waals surface area (Å²) in [5, 5.41) is 3.61. The number of aromatic nitrogens is 1. The predicted octanol–water partition coefficient (Wildman–Crippen LogP) is 3.29. The Morgan fingerprint density at radius 3 is 2.68 bits per heavy atom. The number of carbonyl (C=O) groups is 1. The third-order valence-electron chi connectivity index (χ3n) is 3.78. The van der Waals surface area contributed by atoms with Crippen LogP contribution in [0.1, 0.15) is 45.9 Å². The quantitative estimate of drug-likeness (QED) is 0.499. The number of hydrogen-bond acceptors (Lipinski definition) is 7. The minimum absolute atomic E-state index is 0.0443. The monoisotopic (exact) mass is 366 g/mol. The first-order valence-corrected chi connectivity index (χ1v) is 9.85. The van der Waals surface area contributed by atoms with Gasteiger partial charge in [0.1, 0.15) is 5.52 Å². The van der Waals surface area contributed by atoms with Crippen LogP contribution >= 0.6 is 0 Å². The molecular formula is C17H22N2O5S. The summed E-state index contributed by atoms with van der Waals surface area (Å²) >= 11 is 0. The summed E-state index contributed by atoms with van der Waals surface area (Å²) in [5.41, 5.74) is 0.817. The molecule has 0 amide bonds. The molecule has 0 aliphatic rings. The van der Waals surface area contributed by atoms with E-state index in [1.807, 2.05) is 13.8 Å². The summed E-state index contributed by atoms with van der Waals surface area (Å²) in [5.74, 6) is -0.946. The summed E-state index contributed by atoms with van der Waals surface area (Å²) < 4.78 is 34.0. The molecule has 0 saturated carbocycles. The number of benzene rings is 1. The van der Waals surface area contributed by atoms with Crippen molar-refractivity contribution in [1.82, 2.24) is 4.98 Å². The SMILES string of the molecule is CCCCS(=O)(=O)O/N=C(\C(=O)C(C)CC)c1nc2ccccc2o1. The number of rotatable bonds is 9. The van der Waals surface area contributed by atoms with Gasteiger partial charge in [-0.15, -0.1) is 0 Å². The largest absolute Gasteiger partial charge is 0.435 e. The summed E-state index contributed by atoms with van der Waals surface area (Å²) in [4.78, 5) is 16.8. The van der Waals surface area contributed by atoms with Crippen molar-refractivity contribution >= 4 is 32.7 Å². The van der Waals surface area contributed by atoms with Crippen molar-refractivity contribution < 1.29 is 21.9 Å². The van der Waals surface area contributed by atoms with Gasteiger partial charge in [0.25, 0.3) is 5.89 Å². The molecule has 1 aromatic heterocycles. The molecule has 2 rings (SSSR count). The second kappa shape index (κ2) is 8.24. The maximum absolute atomic E-state index is 12.6. The highest BCUT2D eigenvalue weighted by Gasteiger charge is 2.26. The van der Waals surface area contributed by atoms with Crippen molar-refractivity contribution in [3.63, 3.8) is 0 Å². The highest BCUT2D eigenvalue weighted by molar-refractivity contribution is 7.86. The Hall–Kier alpha value is -2.22. The van der Waals surface area contributed by atoms with Crippen molar-refractivity contribution in [2.75, 3.05) is 5.75 Å². The molecule has 0 radical (unpaired) electrons. The smallest absolute Gasteiger partial charge is 0.328 e. The third kappa shape index (κ3) is 4.88. The summed E-state index contributed by atoms with van der Waals surface area (Å²) in [7, 11) is -3.85. The molecule has 0 spiro atoms. The number of oxazole rings is 1. The van der Waals surface area contributed by atoms with E-state index in [-0.39, 0.29) is 29.1 Å². The van der Waals surface area contributed by atoms with Gasteiger partial charge in [-0.1, -0.05) is 44.5 Å². The first kappa shape index (κ1) is 19.1. The fraction of sp³-hybridized carbons (Fsp3) is 0.471. The molecule has 0 saturated heterocycles. The number of para-hydroxylation sites is 2. The second-order valence-corrected chi connectivity index (χ2v) is 7.46. The Morgan fingerprint density at radius 1 is 1.32 bits per heavy atom. The molecule has 1 atom stereocenters. The van der Waals surface area contributed by atoms with Gasteiger partial charge in [-0.25, -0.2) is 4.98 Å². The van der Waals surface area contributed by atoms with E-state index in [1.54, 1.807) is 31.2 Å². The molecule has 0 N–H and O–H groups in total. The molecule has 25 heavy (non-hydrogen) atoms. The zero-order chi connectivity index (χ0) is 18.4. The minimum Gasteiger partial charge on any atom is -0.435 e. The van der Waals surface area contributed by atoms with Gasteiger partial charge in [0.05, 0.1) is 5.75 Å². The number of unbranched alkanes of at least 4 members (excludes halogenated alkanes) is 1. The fourth-order valence-electron chi connectivity index (χ4n) is 2.03. The lowest BCUT2D eigenvalue weighted by Crippen LogP contribution is -2.24. The number of Topliss-reactive ketones (excluding diaryl/α,β-unsaturated/α-hetero) is 1. The van der Waals surface area contributed by atoms with Crippen LogP contribution in [0.5, 0.6) is 0 Å². The van der Waals surface area contributed by atoms with Crippen LogP contribution in [0.15, 0.2) is 33.8 Å². The highest BCUT2D eigenvalue weighted by atomic mass is 32.2. The number of hydrogen-bond donors (Lipinski definition) is 0. The van der Waals surface area contributed by atoms with Crippen molar-refractivity contribution in [1.29, 1.82) is 0 Å². The maximum Gasteiger partial charge on any atom is 0.328 e. The molecule has 7 nitrogen and oxygen atoms in total. The standard InChI is InChI=1S/C17H22N2O5S/c1-4-6-11-25(21,22)24-19-15(16(20)12(3)5-2)17-18-13-9-7-8-10-14(13)23-17/h7-10,12H,4-6,11H2,1-3H3/b19-15+.